The molecular weight excluding hydrogens is 301 g/mol. The smallest absolute Gasteiger partial charge is 0.326 e. The van der Waals surface area contributed by atoms with Gasteiger partial charge in [0.25, 0.3) is 0 Å². The Morgan fingerprint density at radius 2 is 1.75 bits per heavy atom. The van der Waals surface area contributed by atoms with E-state index < -0.39 is 17.9 Å². The lowest BCUT2D eigenvalue weighted by Gasteiger charge is -2.16. The number of nitrogens with one attached hydrogen (secondary N) is 1. The van der Waals surface area contributed by atoms with Crippen molar-refractivity contribution in [1.82, 2.24) is 5.32 Å². The Labute approximate surface area is 127 Å². The third kappa shape index (κ3) is 5.23. The van der Waals surface area contributed by atoms with Crippen molar-refractivity contribution in [2.24, 2.45) is 5.92 Å². The lowest BCUT2D eigenvalue weighted by atomic mass is 10.0. The van der Waals surface area contributed by atoms with Gasteiger partial charge in [-0.3, -0.25) is 4.79 Å². The van der Waals surface area contributed by atoms with Crippen molar-refractivity contribution in [3.05, 3.63) is 39.9 Å². The number of carbonyl (C=O) groups excluding carboxylic acids is 1. The van der Waals surface area contributed by atoms with Gasteiger partial charge in [-0.25, -0.2) is 4.79 Å². The Kier molecular flexibility index (Phi) is 6.05. The first-order valence-electron chi connectivity index (χ1n) is 5.97. The van der Waals surface area contributed by atoms with Gasteiger partial charge in [-0.15, -0.1) is 0 Å². The third-order valence-corrected chi connectivity index (χ3v) is 2.98. The number of carboxylic acids is 1. The molecule has 0 unspecified atom stereocenters. The van der Waals surface area contributed by atoms with Crippen molar-refractivity contribution in [2.45, 2.75) is 19.9 Å². The van der Waals surface area contributed by atoms with Crippen molar-refractivity contribution < 1.29 is 14.7 Å². The van der Waals surface area contributed by atoms with Gasteiger partial charge >= 0.3 is 5.97 Å². The van der Waals surface area contributed by atoms with E-state index in [0.29, 0.717) is 15.6 Å². The summed E-state index contributed by atoms with van der Waals surface area (Å²) >= 11 is 11.7. The molecule has 0 saturated heterocycles. The van der Waals surface area contributed by atoms with Crippen LogP contribution in [0.4, 0.5) is 0 Å². The zero-order chi connectivity index (χ0) is 15.3. The molecule has 4 nitrogen and oxygen atoms in total. The van der Waals surface area contributed by atoms with Gasteiger partial charge in [-0.05, 0) is 35.8 Å². The van der Waals surface area contributed by atoms with Crippen LogP contribution in [0.25, 0.3) is 6.08 Å². The first-order chi connectivity index (χ1) is 9.29. The fourth-order valence-electron chi connectivity index (χ4n) is 1.56. The van der Waals surface area contributed by atoms with Crippen LogP contribution in [0.5, 0.6) is 0 Å². The molecule has 108 valence electrons. The number of carboxylic acid groups (broad SMARTS) is 1. The van der Waals surface area contributed by atoms with Gasteiger partial charge in [0.05, 0.1) is 0 Å². The van der Waals surface area contributed by atoms with Gasteiger partial charge in [0, 0.05) is 16.1 Å². The minimum atomic E-state index is -1.06. The molecule has 2 N–H and O–H groups in total. The Balaban J connectivity index is 2.74. The third-order valence-electron chi connectivity index (χ3n) is 2.54. The molecule has 0 aliphatic heterocycles. The monoisotopic (exact) mass is 315 g/mol. The summed E-state index contributed by atoms with van der Waals surface area (Å²) in [6, 6.07) is 3.96. The molecular formula is C14H15Cl2NO3. The number of amides is 1. The van der Waals surface area contributed by atoms with Crippen molar-refractivity contribution >= 4 is 41.2 Å². The molecule has 0 heterocycles. The van der Waals surface area contributed by atoms with Gasteiger partial charge in [0.2, 0.25) is 5.91 Å². The molecule has 0 bridgehead atoms. The van der Waals surface area contributed by atoms with E-state index in [9.17, 15) is 9.59 Å². The van der Waals surface area contributed by atoms with Crippen LogP contribution in [0, 0.1) is 5.92 Å². The standard InChI is InChI=1S/C14H15Cl2NO3/c1-8(2)13(14(19)20)17-12(18)4-3-9-5-10(15)7-11(16)6-9/h3-8,13H,1-2H3,(H,17,18)(H,19,20)/b4-3+/t13-/m0/s1. The summed E-state index contributed by atoms with van der Waals surface area (Å²) in [6.45, 7) is 3.44. The highest BCUT2D eigenvalue weighted by molar-refractivity contribution is 6.34. The lowest BCUT2D eigenvalue weighted by molar-refractivity contribution is -0.142. The molecule has 0 radical (unpaired) electrons. The molecule has 0 aromatic heterocycles. The van der Waals surface area contributed by atoms with Crippen molar-refractivity contribution in [3.63, 3.8) is 0 Å². The maximum atomic E-state index is 11.7. The summed E-state index contributed by atoms with van der Waals surface area (Å²) in [7, 11) is 0. The maximum Gasteiger partial charge on any atom is 0.326 e. The average Bonchev–Trinajstić information content (AvgIpc) is 2.31. The Morgan fingerprint density at radius 3 is 2.20 bits per heavy atom. The highest BCUT2D eigenvalue weighted by atomic mass is 35.5. The summed E-state index contributed by atoms with van der Waals surface area (Å²) in [5, 5.41) is 12.3. The van der Waals surface area contributed by atoms with E-state index in [4.69, 9.17) is 28.3 Å². The van der Waals surface area contributed by atoms with Crippen LogP contribution in [0.1, 0.15) is 19.4 Å². The second-order valence-electron chi connectivity index (χ2n) is 4.60. The van der Waals surface area contributed by atoms with Gasteiger partial charge < -0.3 is 10.4 Å². The van der Waals surface area contributed by atoms with Crippen molar-refractivity contribution in [3.8, 4) is 0 Å². The first kappa shape index (κ1) is 16.5. The van der Waals surface area contributed by atoms with Gasteiger partial charge in [0.15, 0.2) is 0 Å². The normalized spacial score (nSPS) is 12.7. The van der Waals surface area contributed by atoms with Crippen LogP contribution in [-0.4, -0.2) is 23.0 Å². The van der Waals surface area contributed by atoms with Gasteiger partial charge in [-0.1, -0.05) is 37.0 Å². The first-order valence-corrected chi connectivity index (χ1v) is 6.72. The molecule has 1 aromatic carbocycles. The van der Waals surface area contributed by atoms with E-state index in [2.05, 4.69) is 5.32 Å². The Morgan fingerprint density at radius 1 is 1.20 bits per heavy atom. The molecule has 20 heavy (non-hydrogen) atoms. The lowest BCUT2D eigenvalue weighted by Crippen LogP contribution is -2.43. The summed E-state index contributed by atoms with van der Waals surface area (Å²) in [4.78, 5) is 22.6. The Hall–Kier alpha value is -1.52. The summed E-state index contributed by atoms with van der Waals surface area (Å²) in [6.07, 6.45) is 2.77. The second-order valence-corrected chi connectivity index (χ2v) is 5.48. The summed E-state index contributed by atoms with van der Waals surface area (Å²) < 4.78 is 0. The number of carbonyl (C=O) groups is 2. The molecule has 1 amide bonds. The molecule has 1 rings (SSSR count). The predicted molar refractivity (Wildman–Crippen MR) is 79.9 cm³/mol. The number of rotatable bonds is 5. The maximum absolute atomic E-state index is 11.7. The molecule has 0 spiro atoms. The highest BCUT2D eigenvalue weighted by Gasteiger charge is 2.22. The predicted octanol–water partition coefficient (Wildman–Crippen LogP) is 3.23. The number of halogens is 2. The topological polar surface area (TPSA) is 66.4 Å². The average molecular weight is 316 g/mol. The van der Waals surface area contributed by atoms with E-state index in [-0.39, 0.29) is 5.92 Å². The fourth-order valence-corrected chi connectivity index (χ4v) is 2.10. The van der Waals surface area contributed by atoms with Crippen LogP contribution in [0.2, 0.25) is 10.0 Å². The van der Waals surface area contributed by atoms with Gasteiger partial charge in [0.1, 0.15) is 6.04 Å². The largest absolute Gasteiger partial charge is 0.480 e. The van der Waals surface area contributed by atoms with E-state index >= 15 is 0 Å². The molecule has 0 fully saturated rings. The minimum Gasteiger partial charge on any atom is -0.480 e. The van der Waals surface area contributed by atoms with Crippen LogP contribution < -0.4 is 5.32 Å². The highest BCUT2D eigenvalue weighted by Crippen LogP contribution is 2.19. The van der Waals surface area contributed by atoms with E-state index in [1.807, 2.05) is 0 Å². The van der Waals surface area contributed by atoms with E-state index in [0.717, 1.165) is 0 Å². The van der Waals surface area contributed by atoms with Crippen molar-refractivity contribution in [2.75, 3.05) is 0 Å². The van der Waals surface area contributed by atoms with E-state index in [1.54, 1.807) is 32.0 Å². The van der Waals surface area contributed by atoms with Crippen LogP contribution >= 0.6 is 23.2 Å². The quantitative estimate of drug-likeness (QED) is 0.820. The second kappa shape index (κ2) is 7.31. The molecule has 0 aliphatic carbocycles. The zero-order valence-corrected chi connectivity index (χ0v) is 12.6. The van der Waals surface area contributed by atoms with Gasteiger partial charge in [-0.2, -0.15) is 0 Å². The molecule has 0 aliphatic rings. The number of aliphatic carboxylic acids is 1. The number of hydrogen-bond donors (Lipinski definition) is 2. The van der Waals surface area contributed by atoms with E-state index in [1.165, 1.54) is 12.2 Å². The van der Waals surface area contributed by atoms with Crippen molar-refractivity contribution in [1.29, 1.82) is 0 Å². The number of hydrogen-bond acceptors (Lipinski definition) is 2. The van der Waals surface area contributed by atoms with Crippen LogP contribution in [-0.2, 0) is 9.59 Å². The molecule has 1 atom stereocenters. The number of benzene rings is 1. The summed E-state index contributed by atoms with van der Waals surface area (Å²) in [5.74, 6) is -1.75. The molecule has 6 heteroatoms. The SMILES string of the molecule is CC(C)[C@H](NC(=O)/C=C/c1cc(Cl)cc(Cl)c1)C(=O)O. The fraction of sp³-hybridized carbons (Fsp3) is 0.286. The molecule has 0 saturated carbocycles. The van der Waals surface area contributed by atoms with Crippen LogP contribution in [0.15, 0.2) is 24.3 Å². The summed E-state index contributed by atoms with van der Waals surface area (Å²) in [5.41, 5.74) is 0.661. The van der Waals surface area contributed by atoms with Crippen LogP contribution in [0.3, 0.4) is 0 Å². The zero-order valence-electron chi connectivity index (χ0n) is 11.1. The minimum absolute atomic E-state index is 0.203. The Bertz CT molecular complexity index is 521. The molecule has 1 aromatic rings.